The quantitative estimate of drug-likeness (QED) is 0.429. The molecular weight excluding hydrogens is 152 g/mol. The second-order valence-corrected chi connectivity index (χ2v) is 2.90. The van der Waals surface area contributed by atoms with Crippen LogP contribution in [0.1, 0.15) is 6.92 Å². The zero-order chi connectivity index (χ0) is 8.97. The summed E-state index contributed by atoms with van der Waals surface area (Å²) < 4.78 is 5.32. The van der Waals surface area contributed by atoms with E-state index >= 15 is 0 Å². The number of aliphatic imine (C=N–C) groups is 1. The highest BCUT2D eigenvalue weighted by Gasteiger charge is 2.19. The van der Waals surface area contributed by atoms with Crippen LogP contribution in [0, 0.1) is 0 Å². The molecule has 0 radical (unpaired) electrons. The molecule has 0 spiro atoms. The van der Waals surface area contributed by atoms with Gasteiger partial charge in [-0.25, -0.2) is 0 Å². The van der Waals surface area contributed by atoms with Crippen molar-refractivity contribution in [3.8, 4) is 0 Å². The molecular formula is C9H16N2O. The van der Waals surface area contributed by atoms with Crippen molar-refractivity contribution in [2.45, 2.75) is 13.0 Å². The van der Waals surface area contributed by atoms with Crippen molar-refractivity contribution in [1.29, 1.82) is 0 Å². The molecule has 0 saturated carbocycles. The molecule has 0 aromatic rings. The van der Waals surface area contributed by atoms with Crippen LogP contribution >= 0.6 is 0 Å². The minimum Gasteiger partial charge on any atom is -0.377 e. The number of amidine groups is 1. The van der Waals surface area contributed by atoms with E-state index in [1.807, 2.05) is 0 Å². The van der Waals surface area contributed by atoms with Gasteiger partial charge in [0.05, 0.1) is 19.3 Å². The number of nitrogens with zero attached hydrogens (tertiary/aromatic N) is 2. The molecule has 3 heteroatoms. The number of hydrogen-bond acceptors (Lipinski definition) is 2. The molecule has 1 aliphatic heterocycles. The fraction of sp³-hybridized carbons (Fsp3) is 0.667. The first-order chi connectivity index (χ1) is 5.79. The van der Waals surface area contributed by atoms with Crippen molar-refractivity contribution in [2.24, 2.45) is 4.99 Å². The molecule has 1 fully saturated rings. The average Bonchev–Trinajstić information content (AvgIpc) is 2.10. The van der Waals surface area contributed by atoms with E-state index in [9.17, 15) is 0 Å². The summed E-state index contributed by atoms with van der Waals surface area (Å²) in [6.07, 6.45) is 1.79. The molecule has 0 bridgehead atoms. The Morgan fingerprint density at radius 1 is 1.75 bits per heavy atom. The zero-order valence-corrected chi connectivity index (χ0v) is 7.79. The largest absolute Gasteiger partial charge is 0.377 e. The molecule has 3 nitrogen and oxygen atoms in total. The summed E-state index contributed by atoms with van der Waals surface area (Å²) in [6.45, 7) is 8.35. The van der Waals surface area contributed by atoms with Gasteiger partial charge in [-0.15, -0.1) is 0 Å². The highest BCUT2D eigenvalue weighted by molar-refractivity contribution is 5.92. The second-order valence-electron chi connectivity index (χ2n) is 2.90. The van der Waals surface area contributed by atoms with E-state index in [0.29, 0.717) is 6.04 Å². The lowest BCUT2D eigenvalue weighted by atomic mass is 10.2. The maximum atomic E-state index is 5.32. The van der Waals surface area contributed by atoms with Gasteiger partial charge in [0.25, 0.3) is 0 Å². The molecule has 0 aliphatic carbocycles. The van der Waals surface area contributed by atoms with Crippen molar-refractivity contribution in [3.05, 3.63) is 12.7 Å². The van der Waals surface area contributed by atoms with E-state index in [2.05, 4.69) is 23.4 Å². The molecule has 0 aromatic heterocycles. The topological polar surface area (TPSA) is 24.8 Å². The Hall–Kier alpha value is -0.830. The van der Waals surface area contributed by atoms with Gasteiger partial charge < -0.3 is 9.64 Å². The molecule has 1 rings (SSSR count). The standard InChI is InChI=1S/C9H16N2O/c1-4-9(10-3)11-5-6-12-7-8(11)2/h4,8H,1,5-7H2,2-3H3/t8-/m1/s1. The summed E-state index contributed by atoms with van der Waals surface area (Å²) in [6, 6.07) is 0.412. The van der Waals surface area contributed by atoms with Crippen LogP contribution in [0.5, 0.6) is 0 Å². The van der Waals surface area contributed by atoms with E-state index < -0.39 is 0 Å². The fourth-order valence-electron chi connectivity index (χ4n) is 1.40. The fourth-order valence-corrected chi connectivity index (χ4v) is 1.40. The molecule has 1 saturated heterocycles. The average molecular weight is 168 g/mol. The van der Waals surface area contributed by atoms with Gasteiger partial charge in [0.1, 0.15) is 5.84 Å². The SMILES string of the molecule is C=CC(=NC)N1CCOC[C@H]1C. The van der Waals surface area contributed by atoms with Crippen LogP contribution in [-0.2, 0) is 4.74 Å². The predicted octanol–water partition coefficient (Wildman–Crippen LogP) is 0.921. The van der Waals surface area contributed by atoms with Crippen LogP contribution in [0.4, 0.5) is 0 Å². The lowest BCUT2D eigenvalue weighted by Gasteiger charge is -2.34. The first-order valence-electron chi connectivity index (χ1n) is 4.23. The Morgan fingerprint density at radius 2 is 2.50 bits per heavy atom. The Balaban J connectivity index is 2.64. The van der Waals surface area contributed by atoms with E-state index in [0.717, 1.165) is 25.6 Å². The van der Waals surface area contributed by atoms with Gasteiger partial charge in [-0.1, -0.05) is 6.58 Å². The molecule has 1 atom stereocenters. The highest BCUT2D eigenvalue weighted by atomic mass is 16.5. The zero-order valence-electron chi connectivity index (χ0n) is 7.79. The van der Waals surface area contributed by atoms with Crippen molar-refractivity contribution in [3.63, 3.8) is 0 Å². The monoisotopic (exact) mass is 168 g/mol. The first kappa shape index (κ1) is 9.26. The van der Waals surface area contributed by atoms with Crippen LogP contribution in [0.2, 0.25) is 0 Å². The molecule has 12 heavy (non-hydrogen) atoms. The van der Waals surface area contributed by atoms with Crippen molar-refractivity contribution < 1.29 is 4.74 Å². The number of hydrogen-bond donors (Lipinski definition) is 0. The Kier molecular flexibility index (Phi) is 3.29. The third kappa shape index (κ3) is 1.85. The van der Waals surface area contributed by atoms with Crippen LogP contribution in [0.15, 0.2) is 17.6 Å². The van der Waals surface area contributed by atoms with Crippen molar-refractivity contribution >= 4 is 5.84 Å². The van der Waals surface area contributed by atoms with Gasteiger partial charge in [-0.3, -0.25) is 4.99 Å². The molecule has 1 heterocycles. The summed E-state index contributed by atoms with van der Waals surface area (Å²) in [7, 11) is 1.79. The summed E-state index contributed by atoms with van der Waals surface area (Å²) in [5.74, 6) is 0.964. The third-order valence-corrected chi connectivity index (χ3v) is 2.07. The van der Waals surface area contributed by atoms with Crippen molar-refractivity contribution in [2.75, 3.05) is 26.8 Å². The number of morpholine rings is 1. The molecule has 0 aromatic carbocycles. The molecule has 1 aliphatic rings. The minimum absolute atomic E-state index is 0.412. The highest BCUT2D eigenvalue weighted by Crippen LogP contribution is 2.07. The van der Waals surface area contributed by atoms with Crippen LogP contribution in [0.25, 0.3) is 0 Å². The molecule has 0 amide bonds. The molecule has 68 valence electrons. The maximum absolute atomic E-state index is 5.32. The summed E-state index contributed by atoms with van der Waals surface area (Å²) in [5.41, 5.74) is 0. The maximum Gasteiger partial charge on any atom is 0.122 e. The van der Waals surface area contributed by atoms with Crippen LogP contribution in [-0.4, -0.2) is 43.6 Å². The van der Waals surface area contributed by atoms with Gasteiger partial charge in [0.2, 0.25) is 0 Å². The second kappa shape index (κ2) is 4.26. The van der Waals surface area contributed by atoms with Gasteiger partial charge >= 0.3 is 0 Å². The molecule has 0 unspecified atom stereocenters. The predicted molar refractivity (Wildman–Crippen MR) is 50.5 cm³/mol. The smallest absolute Gasteiger partial charge is 0.122 e. The van der Waals surface area contributed by atoms with Crippen LogP contribution < -0.4 is 0 Å². The van der Waals surface area contributed by atoms with Crippen LogP contribution in [0.3, 0.4) is 0 Å². The van der Waals surface area contributed by atoms with Gasteiger partial charge in [0, 0.05) is 13.6 Å². The van der Waals surface area contributed by atoms with Crippen molar-refractivity contribution in [1.82, 2.24) is 4.90 Å². The Bertz CT molecular complexity index is 189. The van der Waals surface area contributed by atoms with Gasteiger partial charge in [-0.05, 0) is 13.0 Å². The minimum atomic E-state index is 0.412. The normalized spacial score (nSPS) is 25.7. The summed E-state index contributed by atoms with van der Waals surface area (Å²) in [4.78, 5) is 6.37. The van der Waals surface area contributed by atoms with E-state index in [1.165, 1.54) is 0 Å². The lowest BCUT2D eigenvalue weighted by Crippen LogP contribution is -2.46. The lowest BCUT2D eigenvalue weighted by molar-refractivity contribution is 0.0336. The summed E-state index contributed by atoms with van der Waals surface area (Å²) in [5, 5.41) is 0. The Labute approximate surface area is 73.7 Å². The third-order valence-electron chi connectivity index (χ3n) is 2.07. The Morgan fingerprint density at radius 3 is 3.00 bits per heavy atom. The van der Waals surface area contributed by atoms with E-state index in [1.54, 1.807) is 13.1 Å². The number of rotatable bonds is 1. The number of ether oxygens (including phenoxy) is 1. The summed E-state index contributed by atoms with van der Waals surface area (Å²) >= 11 is 0. The van der Waals surface area contributed by atoms with E-state index in [4.69, 9.17) is 4.74 Å². The van der Waals surface area contributed by atoms with Gasteiger partial charge in [-0.2, -0.15) is 0 Å². The first-order valence-corrected chi connectivity index (χ1v) is 4.23. The van der Waals surface area contributed by atoms with E-state index in [-0.39, 0.29) is 0 Å². The van der Waals surface area contributed by atoms with Gasteiger partial charge in [0.15, 0.2) is 0 Å². The molecule has 0 N–H and O–H groups in total.